The summed E-state index contributed by atoms with van der Waals surface area (Å²) in [5, 5.41) is 23.2. The Morgan fingerprint density at radius 2 is 1.87 bits per heavy atom. The van der Waals surface area contributed by atoms with E-state index in [4.69, 9.17) is 4.74 Å². The minimum absolute atomic E-state index is 0.154. The van der Waals surface area contributed by atoms with Crippen LogP contribution in [0.25, 0.3) is 10.8 Å². The molecule has 0 fully saturated rings. The minimum atomic E-state index is -0.274. The van der Waals surface area contributed by atoms with Crippen LogP contribution in [0.3, 0.4) is 0 Å². The average Bonchev–Trinajstić information content (AvgIpc) is 2.66. The summed E-state index contributed by atoms with van der Waals surface area (Å²) in [6.45, 7) is 6.80. The van der Waals surface area contributed by atoms with Crippen LogP contribution < -0.4 is 10.1 Å². The van der Waals surface area contributed by atoms with Crippen LogP contribution in [-0.4, -0.2) is 24.8 Å². The van der Waals surface area contributed by atoms with E-state index in [2.05, 4.69) is 52.5 Å². The molecule has 0 saturated heterocycles. The number of aliphatic imine (C=N–C) groups is 1. The fraction of sp³-hybridized carbons (Fsp3) is 0.143. The molecule has 3 rings (SSSR count). The van der Waals surface area contributed by atoms with Gasteiger partial charge in [0, 0.05) is 28.2 Å². The number of carbonyl (C=O) groups is 1. The number of thiol groups is 2. The third-order valence-corrected chi connectivity index (χ3v) is 4.98. The smallest absolute Gasteiger partial charge is 0.221 e. The molecule has 0 aliphatic rings. The number of azo groups is 1. The van der Waals surface area contributed by atoms with Crippen LogP contribution in [0, 0.1) is 6.92 Å². The van der Waals surface area contributed by atoms with E-state index >= 15 is 0 Å². The normalized spacial score (nSPS) is 11.1. The lowest BCUT2D eigenvalue weighted by molar-refractivity contribution is -0.114. The fourth-order valence-corrected chi connectivity index (χ4v) is 3.60. The molecule has 0 heterocycles. The molecule has 0 aliphatic carbocycles. The van der Waals surface area contributed by atoms with Gasteiger partial charge in [-0.25, -0.2) is 0 Å². The van der Waals surface area contributed by atoms with Crippen LogP contribution in [0.1, 0.15) is 12.5 Å². The molecule has 0 unspecified atom stereocenters. The van der Waals surface area contributed by atoms with Gasteiger partial charge in [-0.1, -0.05) is 0 Å². The van der Waals surface area contributed by atoms with Crippen LogP contribution in [0.15, 0.2) is 55.3 Å². The first kappa shape index (κ1) is 21.7. The van der Waals surface area contributed by atoms with Gasteiger partial charge in [-0.15, -0.1) is 35.5 Å². The summed E-state index contributed by atoms with van der Waals surface area (Å²) in [6, 6.07) is 8.61. The van der Waals surface area contributed by atoms with E-state index in [1.165, 1.54) is 14.0 Å². The number of aromatic hydroxyl groups is 1. The molecule has 0 bridgehead atoms. The molecule has 2 N–H and O–H groups in total. The van der Waals surface area contributed by atoms with Gasteiger partial charge >= 0.3 is 0 Å². The third-order valence-electron chi connectivity index (χ3n) is 4.39. The van der Waals surface area contributed by atoms with Crippen LogP contribution in [0.4, 0.5) is 22.7 Å². The number of phenols is 1. The van der Waals surface area contributed by atoms with Gasteiger partial charge in [-0.05, 0) is 48.9 Å². The lowest BCUT2D eigenvalue weighted by Gasteiger charge is -2.13. The maximum Gasteiger partial charge on any atom is 0.221 e. The van der Waals surface area contributed by atoms with E-state index < -0.39 is 0 Å². The van der Waals surface area contributed by atoms with Crippen molar-refractivity contribution in [2.45, 2.75) is 23.6 Å². The van der Waals surface area contributed by atoms with Crippen molar-refractivity contribution >= 4 is 71.4 Å². The number of phenolic OH excluding ortho intramolecular Hbond substituents is 1. The zero-order valence-electron chi connectivity index (χ0n) is 16.6. The number of methoxy groups -OCH3 is 1. The molecule has 9 heteroatoms. The molecule has 154 valence electrons. The molecule has 0 aliphatic heterocycles. The molecule has 3 aromatic rings. The maximum absolute atomic E-state index is 11.6. The Hall–Kier alpha value is -3.04. The van der Waals surface area contributed by atoms with Crippen molar-refractivity contribution < 1.29 is 14.6 Å². The number of hydrogen-bond donors (Lipinski definition) is 4. The van der Waals surface area contributed by atoms with Gasteiger partial charge in [0.15, 0.2) is 5.75 Å². The Labute approximate surface area is 184 Å². The molecule has 0 spiro atoms. The lowest BCUT2D eigenvalue weighted by atomic mass is 10.1. The number of amides is 1. The Morgan fingerprint density at radius 3 is 2.50 bits per heavy atom. The number of nitrogens with one attached hydrogen (secondary N) is 1. The molecule has 30 heavy (non-hydrogen) atoms. The Kier molecular flexibility index (Phi) is 6.33. The standard InChI is InChI=1S/C21H20N4O3S2/c1-10-5-15(17(28-4)9-14(10)22-3)24-25-20-18(30)7-12-6-13(29)8-16(23-11(2)26)19(12)21(20)27/h5-9,27,29-30H,3H2,1-2,4H3,(H,23,26). The largest absolute Gasteiger partial charge is 0.505 e. The van der Waals surface area contributed by atoms with E-state index in [9.17, 15) is 9.90 Å². The molecular formula is C21H20N4O3S2. The first-order valence-electron chi connectivity index (χ1n) is 8.81. The molecule has 7 nitrogen and oxygen atoms in total. The van der Waals surface area contributed by atoms with Crippen LogP contribution in [-0.2, 0) is 4.79 Å². The first-order chi connectivity index (χ1) is 14.2. The van der Waals surface area contributed by atoms with E-state index in [-0.39, 0.29) is 17.3 Å². The van der Waals surface area contributed by atoms with Gasteiger partial charge in [-0.3, -0.25) is 9.79 Å². The summed E-state index contributed by atoms with van der Waals surface area (Å²) >= 11 is 8.81. The fourth-order valence-electron chi connectivity index (χ4n) is 3.05. The van der Waals surface area contributed by atoms with Crippen molar-refractivity contribution in [2.24, 2.45) is 15.2 Å². The summed E-state index contributed by atoms with van der Waals surface area (Å²) in [4.78, 5) is 16.6. The van der Waals surface area contributed by atoms with Gasteiger partial charge in [-0.2, -0.15) is 0 Å². The number of ether oxygens (including phenoxy) is 1. The Balaban J connectivity index is 2.18. The van der Waals surface area contributed by atoms with Crippen LogP contribution in [0.5, 0.6) is 11.5 Å². The second kappa shape index (κ2) is 8.76. The van der Waals surface area contributed by atoms with E-state index in [1.54, 1.807) is 30.3 Å². The highest BCUT2D eigenvalue weighted by molar-refractivity contribution is 7.80. The van der Waals surface area contributed by atoms with E-state index in [0.717, 1.165) is 5.56 Å². The van der Waals surface area contributed by atoms with E-state index in [0.29, 0.717) is 43.4 Å². The highest BCUT2D eigenvalue weighted by atomic mass is 32.1. The summed E-state index contributed by atoms with van der Waals surface area (Å²) in [5.41, 5.74) is 2.57. The first-order valence-corrected chi connectivity index (χ1v) is 9.71. The summed E-state index contributed by atoms with van der Waals surface area (Å²) < 4.78 is 5.36. The van der Waals surface area contributed by atoms with Crippen molar-refractivity contribution in [3.05, 3.63) is 35.9 Å². The Bertz CT molecular complexity index is 1210. The number of anilines is 1. The topological polar surface area (TPSA) is 95.6 Å². The van der Waals surface area contributed by atoms with Crippen LogP contribution in [0.2, 0.25) is 0 Å². The SMILES string of the molecule is C=Nc1cc(OC)c(N=Nc2c(S)cc3cc(S)cc(NC(C)=O)c3c2O)cc1C. The average molecular weight is 441 g/mol. The van der Waals surface area contributed by atoms with Crippen molar-refractivity contribution in [1.29, 1.82) is 0 Å². The third kappa shape index (κ3) is 4.27. The van der Waals surface area contributed by atoms with Crippen LogP contribution >= 0.6 is 25.3 Å². The maximum atomic E-state index is 11.6. The number of aryl methyl sites for hydroxylation is 1. The number of benzene rings is 3. The number of nitrogens with zero attached hydrogens (tertiary/aromatic N) is 3. The van der Waals surface area contributed by atoms with Crippen molar-refractivity contribution in [1.82, 2.24) is 0 Å². The minimum Gasteiger partial charge on any atom is -0.505 e. The Morgan fingerprint density at radius 1 is 1.13 bits per heavy atom. The second-order valence-electron chi connectivity index (χ2n) is 6.53. The quantitative estimate of drug-likeness (QED) is 0.218. The summed E-state index contributed by atoms with van der Waals surface area (Å²) in [7, 11) is 1.52. The lowest BCUT2D eigenvalue weighted by Crippen LogP contribution is -2.06. The number of rotatable bonds is 5. The van der Waals surface area contributed by atoms with Gasteiger partial charge in [0.1, 0.15) is 17.1 Å². The predicted octanol–water partition coefficient (Wildman–Crippen LogP) is 6.15. The molecular weight excluding hydrogens is 420 g/mol. The number of carbonyl (C=O) groups excluding carboxylic acids is 1. The molecule has 0 radical (unpaired) electrons. The van der Waals surface area contributed by atoms with Crippen molar-refractivity contribution in [3.63, 3.8) is 0 Å². The molecule has 1 amide bonds. The molecule has 0 atom stereocenters. The number of fused-ring (bicyclic) bond motifs is 1. The molecule has 0 aromatic heterocycles. The molecule has 0 saturated carbocycles. The van der Waals surface area contributed by atoms with Gasteiger partial charge in [0.05, 0.1) is 18.5 Å². The zero-order valence-corrected chi connectivity index (χ0v) is 18.4. The monoisotopic (exact) mass is 440 g/mol. The molecule has 3 aromatic carbocycles. The summed E-state index contributed by atoms with van der Waals surface area (Å²) in [6.07, 6.45) is 0. The predicted molar refractivity (Wildman–Crippen MR) is 126 cm³/mol. The van der Waals surface area contributed by atoms with Gasteiger partial charge in [0.2, 0.25) is 5.91 Å². The second-order valence-corrected chi connectivity index (χ2v) is 7.53. The van der Waals surface area contributed by atoms with Crippen molar-refractivity contribution in [3.8, 4) is 11.5 Å². The van der Waals surface area contributed by atoms with Gasteiger partial charge < -0.3 is 15.2 Å². The number of hydrogen-bond acceptors (Lipinski definition) is 8. The van der Waals surface area contributed by atoms with E-state index in [1.807, 2.05) is 6.92 Å². The van der Waals surface area contributed by atoms with Gasteiger partial charge in [0.25, 0.3) is 0 Å². The van der Waals surface area contributed by atoms with Crippen molar-refractivity contribution in [2.75, 3.05) is 12.4 Å². The zero-order chi connectivity index (χ0) is 22.0. The summed E-state index contributed by atoms with van der Waals surface area (Å²) in [5.74, 6) is 0.0358. The highest BCUT2D eigenvalue weighted by Gasteiger charge is 2.16. The highest BCUT2D eigenvalue weighted by Crippen LogP contribution is 2.45.